The lowest BCUT2D eigenvalue weighted by Gasteiger charge is -2.03. The van der Waals surface area contributed by atoms with Gasteiger partial charge < -0.3 is 0 Å². The molecule has 0 saturated carbocycles. The predicted molar refractivity (Wildman–Crippen MR) is 56.0 cm³/mol. The number of hydrogen-bond acceptors (Lipinski definition) is 1. The molecule has 0 bridgehead atoms. The fourth-order valence-electron chi connectivity index (χ4n) is 1.51. The van der Waals surface area contributed by atoms with Crippen molar-refractivity contribution in [3.63, 3.8) is 0 Å². The topological polar surface area (TPSA) is 12.9 Å². The van der Waals surface area contributed by atoms with Gasteiger partial charge >= 0.3 is 0 Å². The highest BCUT2D eigenvalue weighted by atomic mass is 28.1. The molecule has 1 heterocycles. The SMILES string of the molecule is [Si]CCc1ccnc2ccccc12. The van der Waals surface area contributed by atoms with Gasteiger partial charge in [-0.3, -0.25) is 4.98 Å². The average molecular weight is 184 g/mol. The van der Waals surface area contributed by atoms with Gasteiger partial charge in [0.1, 0.15) is 0 Å². The van der Waals surface area contributed by atoms with E-state index in [1.807, 2.05) is 18.3 Å². The summed E-state index contributed by atoms with van der Waals surface area (Å²) in [5.74, 6) is 0. The Labute approximate surface area is 81.2 Å². The van der Waals surface area contributed by atoms with Crippen LogP contribution >= 0.6 is 0 Å². The van der Waals surface area contributed by atoms with Gasteiger partial charge in [0, 0.05) is 21.8 Å². The molecule has 1 aromatic carbocycles. The Balaban J connectivity index is 2.61. The Kier molecular flexibility index (Phi) is 2.41. The van der Waals surface area contributed by atoms with E-state index in [4.69, 9.17) is 0 Å². The molecular formula is C11H10NSi. The molecule has 1 aromatic heterocycles. The molecule has 0 aliphatic carbocycles. The van der Waals surface area contributed by atoms with Crippen LogP contribution in [0.15, 0.2) is 36.5 Å². The molecule has 63 valence electrons. The summed E-state index contributed by atoms with van der Waals surface area (Å²) in [7, 11) is 3.50. The van der Waals surface area contributed by atoms with E-state index in [9.17, 15) is 0 Å². The van der Waals surface area contributed by atoms with E-state index in [0.29, 0.717) is 0 Å². The van der Waals surface area contributed by atoms with E-state index >= 15 is 0 Å². The number of aryl methyl sites for hydroxylation is 1. The van der Waals surface area contributed by atoms with Gasteiger partial charge in [0.05, 0.1) is 5.52 Å². The highest BCUT2D eigenvalue weighted by Crippen LogP contribution is 2.16. The lowest BCUT2D eigenvalue weighted by Crippen LogP contribution is -1.88. The number of nitrogens with zero attached hydrogens (tertiary/aromatic N) is 1. The van der Waals surface area contributed by atoms with E-state index in [1.165, 1.54) is 10.9 Å². The highest BCUT2D eigenvalue weighted by Gasteiger charge is 1.98. The molecule has 0 unspecified atom stereocenters. The van der Waals surface area contributed by atoms with Crippen molar-refractivity contribution in [2.45, 2.75) is 12.5 Å². The first-order valence-electron chi connectivity index (χ1n) is 4.39. The van der Waals surface area contributed by atoms with Crippen molar-refractivity contribution in [2.75, 3.05) is 0 Å². The quantitative estimate of drug-likeness (QED) is 0.653. The van der Waals surface area contributed by atoms with Crippen molar-refractivity contribution in [3.05, 3.63) is 42.1 Å². The van der Waals surface area contributed by atoms with E-state index in [2.05, 4.69) is 33.4 Å². The number of fused-ring (bicyclic) bond motifs is 1. The van der Waals surface area contributed by atoms with Gasteiger partial charge in [0.2, 0.25) is 0 Å². The van der Waals surface area contributed by atoms with Crippen LogP contribution in [0.25, 0.3) is 10.9 Å². The summed E-state index contributed by atoms with van der Waals surface area (Å²) in [6.45, 7) is 0. The standard InChI is InChI=1S/C11H10NSi/c13-8-6-9-5-7-12-11-4-2-1-3-10(9)11/h1-5,7H,6,8H2. The average Bonchev–Trinajstić information content (AvgIpc) is 2.19. The van der Waals surface area contributed by atoms with Crippen molar-refractivity contribution < 1.29 is 0 Å². The minimum Gasteiger partial charge on any atom is -0.256 e. The largest absolute Gasteiger partial charge is 0.256 e. The predicted octanol–water partition coefficient (Wildman–Crippen LogP) is 2.36. The molecule has 2 heteroatoms. The van der Waals surface area contributed by atoms with Gasteiger partial charge in [-0.2, -0.15) is 0 Å². The molecule has 0 aliphatic rings. The number of hydrogen-bond donors (Lipinski definition) is 0. The molecule has 0 amide bonds. The first-order valence-corrected chi connectivity index (χ1v) is 5.10. The molecule has 0 fully saturated rings. The Morgan fingerprint density at radius 2 is 2.00 bits per heavy atom. The molecule has 2 aromatic rings. The van der Waals surface area contributed by atoms with E-state index in [1.54, 1.807) is 0 Å². The monoisotopic (exact) mass is 184 g/mol. The Hall–Kier alpha value is -1.15. The van der Waals surface area contributed by atoms with Crippen LogP contribution in [0.4, 0.5) is 0 Å². The molecule has 13 heavy (non-hydrogen) atoms. The Morgan fingerprint density at radius 3 is 2.85 bits per heavy atom. The van der Waals surface area contributed by atoms with Gasteiger partial charge in [-0.05, 0) is 24.1 Å². The van der Waals surface area contributed by atoms with E-state index < -0.39 is 0 Å². The summed E-state index contributed by atoms with van der Waals surface area (Å²) in [5.41, 5.74) is 2.45. The van der Waals surface area contributed by atoms with Crippen LogP contribution in [0.2, 0.25) is 6.04 Å². The van der Waals surface area contributed by atoms with Crippen molar-refractivity contribution in [1.29, 1.82) is 0 Å². The van der Waals surface area contributed by atoms with Crippen LogP contribution in [0.1, 0.15) is 5.56 Å². The second-order valence-electron chi connectivity index (χ2n) is 2.99. The van der Waals surface area contributed by atoms with Crippen LogP contribution in [0.5, 0.6) is 0 Å². The molecule has 0 saturated heterocycles. The summed E-state index contributed by atoms with van der Waals surface area (Å²) in [5, 5.41) is 1.27. The Bertz CT molecular complexity index is 406. The summed E-state index contributed by atoms with van der Waals surface area (Å²) in [6.07, 6.45) is 2.93. The molecular weight excluding hydrogens is 174 g/mol. The van der Waals surface area contributed by atoms with Crippen LogP contribution in [0, 0.1) is 0 Å². The van der Waals surface area contributed by atoms with Crippen molar-refractivity contribution >= 4 is 21.1 Å². The molecule has 0 spiro atoms. The molecule has 0 atom stereocenters. The summed E-state index contributed by atoms with van der Waals surface area (Å²) < 4.78 is 0. The van der Waals surface area contributed by atoms with Crippen molar-refractivity contribution in [3.8, 4) is 0 Å². The number of para-hydroxylation sites is 1. The molecule has 2 rings (SSSR count). The summed E-state index contributed by atoms with van der Waals surface area (Å²) >= 11 is 0. The van der Waals surface area contributed by atoms with E-state index in [-0.39, 0.29) is 0 Å². The zero-order valence-electron chi connectivity index (χ0n) is 7.33. The van der Waals surface area contributed by atoms with Crippen LogP contribution in [-0.2, 0) is 6.42 Å². The molecule has 1 nitrogen and oxygen atoms in total. The highest BCUT2D eigenvalue weighted by molar-refractivity contribution is 6.08. The van der Waals surface area contributed by atoms with Gasteiger partial charge in [-0.1, -0.05) is 24.2 Å². The second-order valence-corrected chi connectivity index (χ2v) is 3.49. The maximum Gasteiger partial charge on any atom is 0.0704 e. The number of benzene rings is 1. The Morgan fingerprint density at radius 1 is 1.15 bits per heavy atom. The molecule has 0 N–H and O–H groups in total. The van der Waals surface area contributed by atoms with Crippen LogP contribution in [-0.4, -0.2) is 15.2 Å². The first kappa shape index (κ1) is 8.45. The minimum absolute atomic E-state index is 0.994. The fourth-order valence-corrected chi connectivity index (χ4v) is 1.78. The van der Waals surface area contributed by atoms with Crippen LogP contribution in [0.3, 0.4) is 0 Å². The minimum atomic E-state index is 0.994. The third-order valence-electron chi connectivity index (χ3n) is 2.13. The maximum atomic E-state index is 4.31. The normalized spacial score (nSPS) is 10.5. The first-order chi connectivity index (χ1) is 6.42. The van der Waals surface area contributed by atoms with Crippen molar-refractivity contribution in [1.82, 2.24) is 4.98 Å². The zero-order chi connectivity index (χ0) is 9.10. The van der Waals surface area contributed by atoms with Crippen LogP contribution < -0.4 is 0 Å². The summed E-state index contributed by atoms with van der Waals surface area (Å²) in [6, 6.07) is 11.3. The lowest BCUT2D eigenvalue weighted by atomic mass is 10.1. The lowest BCUT2D eigenvalue weighted by molar-refractivity contribution is 1.14. The summed E-state index contributed by atoms with van der Waals surface area (Å²) in [4.78, 5) is 4.31. The van der Waals surface area contributed by atoms with Gasteiger partial charge in [0.15, 0.2) is 0 Å². The molecule has 0 aliphatic heterocycles. The number of pyridine rings is 1. The number of rotatable bonds is 2. The van der Waals surface area contributed by atoms with Gasteiger partial charge in [-0.15, -0.1) is 0 Å². The number of aromatic nitrogens is 1. The van der Waals surface area contributed by atoms with Gasteiger partial charge in [-0.25, -0.2) is 0 Å². The fraction of sp³-hybridized carbons (Fsp3) is 0.182. The third kappa shape index (κ3) is 1.63. The maximum absolute atomic E-state index is 4.31. The third-order valence-corrected chi connectivity index (χ3v) is 2.38. The van der Waals surface area contributed by atoms with E-state index in [0.717, 1.165) is 18.0 Å². The molecule has 3 radical (unpaired) electrons. The van der Waals surface area contributed by atoms with Gasteiger partial charge in [0.25, 0.3) is 0 Å². The zero-order valence-corrected chi connectivity index (χ0v) is 8.33. The van der Waals surface area contributed by atoms with Crippen molar-refractivity contribution in [2.24, 2.45) is 0 Å². The second kappa shape index (κ2) is 3.71. The smallest absolute Gasteiger partial charge is 0.0704 e.